The number of hydrogen-bond acceptors (Lipinski definition) is 3. The SMILES string of the molecule is c1ccc2c(NC3CCOCC3)ccnc2c1. The molecule has 1 aliphatic heterocycles. The molecule has 1 aliphatic rings. The first-order chi connectivity index (χ1) is 8.43. The van der Waals surface area contributed by atoms with Crippen LogP contribution in [0.5, 0.6) is 0 Å². The van der Waals surface area contributed by atoms with E-state index in [0.29, 0.717) is 6.04 Å². The van der Waals surface area contributed by atoms with Crippen LogP contribution in [0.2, 0.25) is 0 Å². The minimum absolute atomic E-state index is 0.523. The Morgan fingerprint density at radius 3 is 2.82 bits per heavy atom. The number of pyridine rings is 1. The number of benzene rings is 1. The summed E-state index contributed by atoms with van der Waals surface area (Å²) in [6.07, 6.45) is 4.03. The summed E-state index contributed by atoms with van der Waals surface area (Å²) in [6, 6.07) is 10.8. The Balaban J connectivity index is 1.89. The maximum absolute atomic E-state index is 5.37. The zero-order chi connectivity index (χ0) is 11.5. The molecule has 0 unspecified atom stereocenters. The predicted octanol–water partition coefficient (Wildman–Crippen LogP) is 2.83. The Bertz CT molecular complexity index is 501. The fourth-order valence-electron chi connectivity index (χ4n) is 2.28. The fraction of sp³-hybridized carbons (Fsp3) is 0.357. The van der Waals surface area contributed by atoms with E-state index in [1.807, 2.05) is 18.3 Å². The van der Waals surface area contributed by atoms with Crippen LogP contribution in [0, 0.1) is 0 Å². The number of rotatable bonds is 2. The number of nitrogens with one attached hydrogen (secondary N) is 1. The quantitative estimate of drug-likeness (QED) is 0.858. The highest BCUT2D eigenvalue weighted by atomic mass is 16.5. The van der Waals surface area contributed by atoms with Crippen molar-refractivity contribution in [1.82, 2.24) is 4.98 Å². The van der Waals surface area contributed by atoms with Gasteiger partial charge in [-0.3, -0.25) is 4.98 Å². The van der Waals surface area contributed by atoms with Gasteiger partial charge in [0, 0.05) is 36.5 Å². The van der Waals surface area contributed by atoms with Gasteiger partial charge in [0.2, 0.25) is 0 Å². The predicted molar refractivity (Wildman–Crippen MR) is 69.2 cm³/mol. The second-order valence-electron chi connectivity index (χ2n) is 4.41. The highest BCUT2D eigenvalue weighted by molar-refractivity contribution is 5.90. The molecule has 1 aromatic carbocycles. The molecule has 88 valence electrons. The fourth-order valence-corrected chi connectivity index (χ4v) is 2.28. The Morgan fingerprint density at radius 2 is 1.94 bits per heavy atom. The average molecular weight is 228 g/mol. The summed E-state index contributed by atoms with van der Waals surface area (Å²) in [6.45, 7) is 1.72. The molecule has 0 amide bonds. The van der Waals surface area contributed by atoms with E-state index in [2.05, 4.69) is 28.5 Å². The van der Waals surface area contributed by atoms with Crippen LogP contribution in [0.25, 0.3) is 10.9 Å². The number of nitrogens with zero attached hydrogens (tertiary/aromatic N) is 1. The van der Waals surface area contributed by atoms with E-state index in [4.69, 9.17) is 4.74 Å². The molecule has 2 heterocycles. The van der Waals surface area contributed by atoms with Crippen LogP contribution in [-0.4, -0.2) is 24.2 Å². The molecule has 1 aromatic heterocycles. The molecule has 0 saturated carbocycles. The molecule has 0 spiro atoms. The van der Waals surface area contributed by atoms with E-state index < -0.39 is 0 Å². The largest absolute Gasteiger partial charge is 0.382 e. The lowest BCUT2D eigenvalue weighted by atomic mass is 10.1. The zero-order valence-corrected chi connectivity index (χ0v) is 9.73. The van der Waals surface area contributed by atoms with Gasteiger partial charge in [-0.05, 0) is 25.0 Å². The summed E-state index contributed by atoms with van der Waals surface area (Å²) in [7, 11) is 0. The minimum Gasteiger partial charge on any atom is -0.382 e. The first kappa shape index (κ1) is 10.5. The highest BCUT2D eigenvalue weighted by Crippen LogP contribution is 2.23. The molecule has 1 saturated heterocycles. The first-order valence-electron chi connectivity index (χ1n) is 6.11. The smallest absolute Gasteiger partial charge is 0.0722 e. The molecule has 17 heavy (non-hydrogen) atoms. The van der Waals surface area contributed by atoms with Gasteiger partial charge in [0.25, 0.3) is 0 Å². The average Bonchev–Trinajstić information content (AvgIpc) is 2.40. The van der Waals surface area contributed by atoms with Crippen molar-refractivity contribution in [2.24, 2.45) is 0 Å². The van der Waals surface area contributed by atoms with Crippen LogP contribution in [-0.2, 0) is 4.74 Å². The Labute approximate surface area is 101 Å². The number of hydrogen-bond donors (Lipinski definition) is 1. The van der Waals surface area contributed by atoms with Crippen LogP contribution < -0.4 is 5.32 Å². The van der Waals surface area contributed by atoms with Crippen molar-refractivity contribution in [3.8, 4) is 0 Å². The summed E-state index contributed by atoms with van der Waals surface area (Å²) in [5.74, 6) is 0. The van der Waals surface area contributed by atoms with Crippen molar-refractivity contribution >= 4 is 16.6 Å². The van der Waals surface area contributed by atoms with Crippen molar-refractivity contribution in [3.63, 3.8) is 0 Å². The third-order valence-corrected chi connectivity index (χ3v) is 3.23. The normalized spacial score (nSPS) is 17.2. The second kappa shape index (κ2) is 4.72. The Hall–Kier alpha value is -1.61. The zero-order valence-electron chi connectivity index (χ0n) is 9.73. The van der Waals surface area contributed by atoms with Gasteiger partial charge in [0.1, 0.15) is 0 Å². The molecule has 0 bridgehead atoms. The molecule has 3 rings (SSSR count). The molecule has 0 radical (unpaired) electrons. The van der Waals surface area contributed by atoms with Crippen LogP contribution in [0.1, 0.15) is 12.8 Å². The third-order valence-electron chi connectivity index (χ3n) is 3.23. The summed E-state index contributed by atoms with van der Waals surface area (Å²) < 4.78 is 5.37. The van der Waals surface area contributed by atoms with Crippen molar-refractivity contribution in [3.05, 3.63) is 36.5 Å². The highest BCUT2D eigenvalue weighted by Gasteiger charge is 2.14. The van der Waals surface area contributed by atoms with Gasteiger partial charge < -0.3 is 10.1 Å². The van der Waals surface area contributed by atoms with Gasteiger partial charge in [-0.25, -0.2) is 0 Å². The maximum atomic E-state index is 5.37. The number of anilines is 1. The first-order valence-corrected chi connectivity index (χ1v) is 6.11. The van der Waals surface area contributed by atoms with Crippen molar-refractivity contribution in [2.45, 2.75) is 18.9 Å². The number of aromatic nitrogens is 1. The van der Waals surface area contributed by atoms with Crippen molar-refractivity contribution < 1.29 is 4.74 Å². The maximum Gasteiger partial charge on any atom is 0.0722 e. The molecule has 2 aromatic rings. The molecule has 1 fully saturated rings. The lowest BCUT2D eigenvalue weighted by Gasteiger charge is -2.24. The minimum atomic E-state index is 0.523. The Kier molecular flexibility index (Phi) is 2.92. The van der Waals surface area contributed by atoms with E-state index in [9.17, 15) is 0 Å². The van der Waals surface area contributed by atoms with E-state index >= 15 is 0 Å². The number of fused-ring (bicyclic) bond motifs is 1. The summed E-state index contributed by atoms with van der Waals surface area (Å²) in [5.41, 5.74) is 2.23. The molecule has 0 aliphatic carbocycles. The van der Waals surface area contributed by atoms with E-state index in [0.717, 1.165) is 31.6 Å². The monoisotopic (exact) mass is 228 g/mol. The number of para-hydroxylation sites is 1. The topological polar surface area (TPSA) is 34.1 Å². The standard InChI is InChI=1S/C14H16N2O/c1-2-4-13-12(3-1)14(5-8-15-13)16-11-6-9-17-10-7-11/h1-5,8,11H,6-7,9-10H2,(H,15,16). The molecule has 1 N–H and O–H groups in total. The molecule has 3 heteroatoms. The lowest BCUT2D eigenvalue weighted by molar-refractivity contribution is 0.0905. The van der Waals surface area contributed by atoms with Gasteiger partial charge in [0.05, 0.1) is 5.52 Å². The molecule has 0 atom stereocenters. The third kappa shape index (κ3) is 2.24. The van der Waals surface area contributed by atoms with E-state index in [1.54, 1.807) is 0 Å². The number of ether oxygens (including phenoxy) is 1. The van der Waals surface area contributed by atoms with Gasteiger partial charge in [0.15, 0.2) is 0 Å². The van der Waals surface area contributed by atoms with Gasteiger partial charge in [-0.2, -0.15) is 0 Å². The lowest BCUT2D eigenvalue weighted by Crippen LogP contribution is -2.27. The molecule has 3 nitrogen and oxygen atoms in total. The van der Waals surface area contributed by atoms with E-state index in [-0.39, 0.29) is 0 Å². The second-order valence-corrected chi connectivity index (χ2v) is 4.41. The summed E-state index contributed by atoms with van der Waals surface area (Å²) in [4.78, 5) is 4.37. The van der Waals surface area contributed by atoms with Crippen LogP contribution in [0.4, 0.5) is 5.69 Å². The van der Waals surface area contributed by atoms with Gasteiger partial charge in [-0.15, -0.1) is 0 Å². The van der Waals surface area contributed by atoms with Crippen molar-refractivity contribution in [2.75, 3.05) is 18.5 Å². The Morgan fingerprint density at radius 1 is 1.12 bits per heavy atom. The van der Waals surface area contributed by atoms with Gasteiger partial charge >= 0.3 is 0 Å². The molecular weight excluding hydrogens is 212 g/mol. The van der Waals surface area contributed by atoms with Crippen molar-refractivity contribution in [1.29, 1.82) is 0 Å². The van der Waals surface area contributed by atoms with Crippen LogP contribution in [0.3, 0.4) is 0 Å². The van der Waals surface area contributed by atoms with Crippen LogP contribution in [0.15, 0.2) is 36.5 Å². The van der Waals surface area contributed by atoms with Gasteiger partial charge in [-0.1, -0.05) is 18.2 Å². The summed E-state index contributed by atoms with van der Waals surface area (Å²) in [5, 5.41) is 4.80. The van der Waals surface area contributed by atoms with Crippen LogP contribution >= 0.6 is 0 Å². The summed E-state index contributed by atoms with van der Waals surface area (Å²) >= 11 is 0. The van der Waals surface area contributed by atoms with E-state index in [1.165, 1.54) is 11.1 Å². The molecular formula is C14H16N2O.